The van der Waals surface area contributed by atoms with Crippen LogP contribution in [0.1, 0.15) is 31.1 Å². The molecule has 0 unspecified atom stereocenters. The van der Waals surface area contributed by atoms with Gasteiger partial charge in [0.15, 0.2) is 11.3 Å². The van der Waals surface area contributed by atoms with Gasteiger partial charge in [-0.15, -0.1) is 0 Å². The molecule has 57 heavy (non-hydrogen) atoms. The predicted octanol–water partition coefficient (Wildman–Crippen LogP) is 14.9. The van der Waals surface area contributed by atoms with Gasteiger partial charge in [0.05, 0.1) is 14.5 Å². The summed E-state index contributed by atoms with van der Waals surface area (Å²) >= 11 is 14.3. The topological polar surface area (TPSA) is 76.7 Å². The maximum atomic E-state index is 15.5. The number of carbonyl (C=O) groups is 1. The van der Waals surface area contributed by atoms with Crippen molar-refractivity contribution >= 4 is 80.7 Å². The van der Waals surface area contributed by atoms with E-state index in [1.54, 1.807) is 12.1 Å². The molecule has 8 rings (SSSR count). The monoisotopic (exact) mass is 1000 g/mol. The van der Waals surface area contributed by atoms with E-state index in [-0.39, 0.29) is 31.5 Å². The molecule has 0 radical (unpaired) electrons. The average molecular weight is 1010 g/mol. The molecular formula is C48H32Br4O5. The standard InChI is InChI=1S/C48H32Br4O5/c1-48(2,3)57-47(55)40-37(29-22-14-7-15-23-29)35(27-18-10-5-11-19-27)34(26-16-8-4-9-17-26)36(28-20-12-6-13-21-28)39(40)38-30-24-32(49)43(53)41(51)45(30)56-46-31(38)25-33(50)44(54)42(46)52/h4-25,53H,1-3H3. The molecule has 1 heterocycles. The number of fused-ring (bicyclic) bond motifs is 2. The van der Waals surface area contributed by atoms with E-state index in [0.717, 1.165) is 38.9 Å². The zero-order chi connectivity index (χ0) is 40.2. The summed E-state index contributed by atoms with van der Waals surface area (Å²) in [5.41, 5.74) is 7.68. The minimum absolute atomic E-state index is 0.0860. The Balaban J connectivity index is 1.79. The van der Waals surface area contributed by atoms with Crippen molar-refractivity contribution in [2.45, 2.75) is 26.4 Å². The Bertz CT molecular complexity index is 2870. The van der Waals surface area contributed by atoms with E-state index in [4.69, 9.17) is 9.15 Å². The summed E-state index contributed by atoms with van der Waals surface area (Å²) < 4.78 is 14.2. The van der Waals surface area contributed by atoms with Gasteiger partial charge in [-0.1, -0.05) is 121 Å². The molecule has 6 aromatic carbocycles. The molecule has 0 saturated heterocycles. The van der Waals surface area contributed by atoms with E-state index in [9.17, 15) is 9.90 Å². The first-order valence-corrected chi connectivity index (χ1v) is 21.2. The summed E-state index contributed by atoms with van der Waals surface area (Å²) in [5.74, 6) is -0.392. The molecule has 9 heteroatoms. The second kappa shape index (κ2) is 15.5. The first-order chi connectivity index (χ1) is 27.4. The van der Waals surface area contributed by atoms with Crippen LogP contribution in [0.5, 0.6) is 5.75 Å². The van der Waals surface area contributed by atoms with Crippen LogP contribution in [0.3, 0.4) is 0 Å². The van der Waals surface area contributed by atoms with Gasteiger partial charge < -0.3 is 14.3 Å². The summed E-state index contributed by atoms with van der Waals surface area (Å²) in [4.78, 5) is 29.1. The fourth-order valence-electron chi connectivity index (χ4n) is 7.37. The van der Waals surface area contributed by atoms with Crippen LogP contribution in [-0.2, 0) is 4.74 Å². The summed E-state index contributed by atoms with van der Waals surface area (Å²) in [5, 5.41) is 11.8. The zero-order valence-corrected chi connectivity index (χ0v) is 37.1. The van der Waals surface area contributed by atoms with Crippen molar-refractivity contribution in [3.8, 4) is 72.7 Å². The fraction of sp³-hybridized carbons (Fsp3) is 0.0833. The minimum Gasteiger partial charge on any atom is -0.505 e. The quantitative estimate of drug-likeness (QED) is 0.133. The third-order valence-corrected chi connectivity index (χ3v) is 12.3. The van der Waals surface area contributed by atoms with Crippen LogP contribution in [0.15, 0.2) is 161 Å². The number of phenols is 1. The van der Waals surface area contributed by atoms with E-state index < -0.39 is 11.6 Å². The predicted molar refractivity (Wildman–Crippen MR) is 244 cm³/mol. The number of rotatable bonds is 6. The summed E-state index contributed by atoms with van der Waals surface area (Å²) in [6, 6.07) is 43.7. The van der Waals surface area contributed by atoms with Crippen molar-refractivity contribution in [1.82, 2.24) is 0 Å². The number of aromatic hydroxyl groups is 1. The van der Waals surface area contributed by atoms with Gasteiger partial charge in [0.1, 0.15) is 20.3 Å². The highest BCUT2D eigenvalue weighted by Crippen LogP contribution is 2.57. The van der Waals surface area contributed by atoms with Crippen LogP contribution in [0.2, 0.25) is 0 Å². The van der Waals surface area contributed by atoms with Gasteiger partial charge in [0.25, 0.3) is 0 Å². The molecule has 0 aromatic heterocycles. The third kappa shape index (κ3) is 7.09. The molecule has 0 bridgehead atoms. The molecule has 5 nitrogen and oxygen atoms in total. The van der Waals surface area contributed by atoms with Gasteiger partial charge in [0, 0.05) is 27.6 Å². The second-order valence-corrected chi connectivity index (χ2v) is 17.8. The minimum atomic E-state index is -0.877. The molecule has 1 aliphatic heterocycles. The Labute approximate surface area is 363 Å². The van der Waals surface area contributed by atoms with Crippen LogP contribution in [0, 0.1) is 0 Å². The van der Waals surface area contributed by atoms with Crippen molar-refractivity contribution in [3.05, 3.63) is 167 Å². The highest BCUT2D eigenvalue weighted by atomic mass is 79.9. The van der Waals surface area contributed by atoms with Gasteiger partial charge in [-0.25, -0.2) is 4.79 Å². The molecule has 0 spiro atoms. The average Bonchev–Trinajstić information content (AvgIpc) is 3.21. The van der Waals surface area contributed by atoms with E-state index in [1.165, 1.54) is 0 Å². The van der Waals surface area contributed by atoms with Crippen LogP contribution in [0.25, 0.3) is 77.9 Å². The van der Waals surface area contributed by atoms with Crippen LogP contribution < -0.4 is 5.43 Å². The number of benzene rings is 7. The van der Waals surface area contributed by atoms with Gasteiger partial charge in [-0.2, -0.15) is 0 Å². The van der Waals surface area contributed by atoms with E-state index in [1.807, 2.05) is 118 Å². The van der Waals surface area contributed by atoms with Crippen LogP contribution in [0.4, 0.5) is 0 Å². The normalized spacial score (nSPS) is 11.6. The number of halogens is 4. The Morgan fingerprint density at radius 3 is 1.49 bits per heavy atom. The van der Waals surface area contributed by atoms with E-state index in [2.05, 4.69) is 88.0 Å². The maximum absolute atomic E-state index is 15.5. The largest absolute Gasteiger partial charge is 0.505 e. The lowest BCUT2D eigenvalue weighted by Gasteiger charge is -2.30. The number of esters is 1. The summed E-state index contributed by atoms with van der Waals surface area (Å²) in [6.07, 6.45) is 0. The molecule has 0 saturated carbocycles. The second-order valence-electron chi connectivity index (χ2n) is 14.5. The smallest absolute Gasteiger partial charge is 0.339 e. The zero-order valence-electron chi connectivity index (χ0n) is 30.8. The van der Waals surface area contributed by atoms with E-state index in [0.29, 0.717) is 42.1 Å². The Kier molecular flexibility index (Phi) is 10.6. The first-order valence-electron chi connectivity index (χ1n) is 18.0. The molecule has 282 valence electrons. The van der Waals surface area contributed by atoms with Crippen molar-refractivity contribution in [2.24, 2.45) is 0 Å². The van der Waals surface area contributed by atoms with Crippen molar-refractivity contribution < 1.29 is 19.1 Å². The number of ether oxygens (including phenoxy) is 1. The molecule has 0 atom stereocenters. The van der Waals surface area contributed by atoms with Gasteiger partial charge in [0.2, 0.25) is 5.43 Å². The number of hydrogen-bond donors (Lipinski definition) is 1. The van der Waals surface area contributed by atoms with Gasteiger partial charge in [-0.05, 0) is 136 Å². The molecule has 1 N–H and O–H groups in total. The molecule has 1 aliphatic carbocycles. The number of hydrogen-bond acceptors (Lipinski definition) is 5. The first kappa shape index (κ1) is 39.0. The maximum Gasteiger partial charge on any atom is 0.339 e. The number of carbonyl (C=O) groups excluding carboxylic acids is 1. The fourth-order valence-corrected chi connectivity index (χ4v) is 9.77. The van der Waals surface area contributed by atoms with Crippen molar-refractivity contribution in [3.63, 3.8) is 0 Å². The number of phenolic OH excluding ortho intramolecular Hbond substituents is 1. The molecular weight excluding hydrogens is 976 g/mol. The summed E-state index contributed by atoms with van der Waals surface area (Å²) in [6.45, 7) is 5.57. The van der Waals surface area contributed by atoms with Gasteiger partial charge in [-0.3, -0.25) is 4.79 Å². The molecule has 0 amide bonds. The van der Waals surface area contributed by atoms with Crippen molar-refractivity contribution in [2.75, 3.05) is 0 Å². The van der Waals surface area contributed by atoms with E-state index >= 15 is 4.79 Å². The van der Waals surface area contributed by atoms with Crippen molar-refractivity contribution in [1.29, 1.82) is 0 Å². The highest BCUT2D eigenvalue weighted by Gasteiger charge is 2.37. The Hall–Kier alpha value is -4.80. The summed E-state index contributed by atoms with van der Waals surface area (Å²) in [7, 11) is 0. The lowest BCUT2D eigenvalue weighted by molar-refractivity contribution is 0.00714. The molecule has 6 aromatic rings. The van der Waals surface area contributed by atoms with Crippen LogP contribution >= 0.6 is 63.7 Å². The molecule has 2 aliphatic rings. The van der Waals surface area contributed by atoms with Crippen LogP contribution in [-0.4, -0.2) is 16.7 Å². The molecule has 0 fully saturated rings. The SMILES string of the molecule is CC(C)(C)OC(=O)c1c(-c2ccccc2)c(-c2ccccc2)c(-c2ccccc2)c(-c2ccccc2)c1-c1c2cc(Br)c(=O)c(Br)c-2oc2c(Br)c(O)c(Br)cc12. The van der Waals surface area contributed by atoms with Gasteiger partial charge >= 0.3 is 5.97 Å². The lowest BCUT2D eigenvalue weighted by atomic mass is 9.74. The Morgan fingerprint density at radius 2 is 1.02 bits per heavy atom. The Morgan fingerprint density at radius 1 is 0.579 bits per heavy atom. The third-order valence-electron chi connectivity index (χ3n) is 9.63. The highest BCUT2D eigenvalue weighted by molar-refractivity contribution is 9.11. The lowest BCUT2D eigenvalue weighted by Crippen LogP contribution is -2.25.